The standard InChI is InChI=1S/C21H19N5O6/c1-13-10-15(12-22-23-21(27)17-6-4-5-7-18(17)26(30)31)14(2)24(13)19-9-8-16(25(28)29)11-20(19)32-3/h4-12H,1-3H3,(H,23,27)/b22-12-. The van der Waals surface area contributed by atoms with Gasteiger partial charge in [0.05, 0.1) is 34.9 Å². The number of nitro benzene ring substituents is 2. The van der Waals surface area contributed by atoms with E-state index in [1.165, 1.54) is 49.7 Å². The third-order valence-corrected chi connectivity index (χ3v) is 4.80. The number of nitrogens with one attached hydrogen (secondary N) is 1. The van der Waals surface area contributed by atoms with Gasteiger partial charge in [-0.05, 0) is 32.0 Å². The number of carbonyl (C=O) groups excluding carboxylic acids is 1. The average molecular weight is 437 g/mol. The van der Waals surface area contributed by atoms with Crippen molar-refractivity contribution < 1.29 is 19.4 Å². The van der Waals surface area contributed by atoms with E-state index in [0.717, 1.165) is 11.4 Å². The molecule has 0 bridgehead atoms. The maximum atomic E-state index is 12.3. The lowest BCUT2D eigenvalue weighted by Gasteiger charge is -2.13. The van der Waals surface area contributed by atoms with E-state index in [0.29, 0.717) is 17.0 Å². The number of benzene rings is 2. The number of hydrogen-bond acceptors (Lipinski definition) is 7. The van der Waals surface area contributed by atoms with E-state index >= 15 is 0 Å². The highest BCUT2D eigenvalue weighted by molar-refractivity contribution is 5.98. The highest BCUT2D eigenvalue weighted by Crippen LogP contribution is 2.31. The number of hydrazone groups is 1. The number of amides is 1. The highest BCUT2D eigenvalue weighted by Gasteiger charge is 2.19. The molecule has 11 nitrogen and oxygen atoms in total. The molecule has 1 aromatic heterocycles. The van der Waals surface area contributed by atoms with E-state index in [4.69, 9.17) is 4.74 Å². The van der Waals surface area contributed by atoms with Crippen molar-refractivity contribution in [3.05, 3.63) is 91.3 Å². The summed E-state index contributed by atoms with van der Waals surface area (Å²) in [6, 6.07) is 11.7. The molecule has 3 rings (SSSR count). The maximum Gasteiger partial charge on any atom is 0.282 e. The molecule has 1 N–H and O–H groups in total. The molecular formula is C21H19N5O6. The number of non-ortho nitro benzene ring substituents is 1. The molecule has 0 aliphatic heterocycles. The molecule has 0 unspecified atom stereocenters. The van der Waals surface area contributed by atoms with Gasteiger partial charge in [0.15, 0.2) is 0 Å². The molecular weight excluding hydrogens is 418 g/mol. The molecule has 3 aromatic rings. The fourth-order valence-electron chi connectivity index (χ4n) is 3.30. The number of nitro groups is 2. The molecule has 32 heavy (non-hydrogen) atoms. The predicted octanol–water partition coefficient (Wildman–Crippen LogP) is 3.68. The Morgan fingerprint density at radius 2 is 1.81 bits per heavy atom. The first-order chi connectivity index (χ1) is 15.2. The average Bonchev–Trinajstić information content (AvgIpc) is 3.05. The van der Waals surface area contributed by atoms with E-state index in [1.54, 1.807) is 6.07 Å². The maximum absolute atomic E-state index is 12.3. The fraction of sp³-hybridized carbons (Fsp3) is 0.143. The lowest BCUT2D eigenvalue weighted by Crippen LogP contribution is -2.19. The Bertz CT molecular complexity index is 1250. The first-order valence-corrected chi connectivity index (χ1v) is 9.33. The van der Waals surface area contributed by atoms with Crippen LogP contribution in [0.1, 0.15) is 27.3 Å². The molecule has 2 aromatic carbocycles. The largest absolute Gasteiger partial charge is 0.494 e. The number of methoxy groups -OCH3 is 1. The lowest BCUT2D eigenvalue weighted by atomic mass is 10.2. The van der Waals surface area contributed by atoms with Crippen molar-refractivity contribution in [2.45, 2.75) is 13.8 Å². The third kappa shape index (κ3) is 4.31. The smallest absolute Gasteiger partial charge is 0.282 e. The van der Waals surface area contributed by atoms with E-state index < -0.39 is 15.8 Å². The number of aromatic nitrogens is 1. The minimum Gasteiger partial charge on any atom is -0.494 e. The van der Waals surface area contributed by atoms with Crippen LogP contribution >= 0.6 is 0 Å². The summed E-state index contributed by atoms with van der Waals surface area (Å²) in [5, 5.41) is 26.1. The normalized spacial score (nSPS) is 10.8. The van der Waals surface area contributed by atoms with Crippen LogP contribution in [-0.4, -0.2) is 33.6 Å². The van der Waals surface area contributed by atoms with Crippen LogP contribution < -0.4 is 10.2 Å². The van der Waals surface area contributed by atoms with Crippen LogP contribution in [0.15, 0.2) is 53.6 Å². The van der Waals surface area contributed by atoms with Gasteiger partial charge in [0, 0.05) is 29.1 Å². The second-order valence-corrected chi connectivity index (χ2v) is 6.75. The van der Waals surface area contributed by atoms with Gasteiger partial charge in [0.1, 0.15) is 11.3 Å². The Balaban J connectivity index is 1.88. The first kappa shape index (κ1) is 22.2. The summed E-state index contributed by atoms with van der Waals surface area (Å²) in [7, 11) is 1.43. The molecule has 0 fully saturated rings. The van der Waals surface area contributed by atoms with Crippen LogP contribution in [0.2, 0.25) is 0 Å². The van der Waals surface area contributed by atoms with Gasteiger partial charge in [0.2, 0.25) is 0 Å². The van der Waals surface area contributed by atoms with Crippen molar-refractivity contribution in [1.29, 1.82) is 0 Å². The Kier molecular flexibility index (Phi) is 6.29. The molecule has 164 valence electrons. The Morgan fingerprint density at radius 3 is 2.47 bits per heavy atom. The minimum atomic E-state index is -0.709. The summed E-state index contributed by atoms with van der Waals surface area (Å²) in [5.41, 5.74) is 4.63. The summed E-state index contributed by atoms with van der Waals surface area (Å²) >= 11 is 0. The fourth-order valence-corrected chi connectivity index (χ4v) is 3.30. The summed E-state index contributed by atoms with van der Waals surface area (Å²) in [5.74, 6) is -0.381. The van der Waals surface area contributed by atoms with Crippen molar-refractivity contribution >= 4 is 23.5 Å². The van der Waals surface area contributed by atoms with E-state index in [1.807, 2.05) is 24.5 Å². The number of nitrogens with zero attached hydrogens (tertiary/aromatic N) is 4. The van der Waals surface area contributed by atoms with Crippen LogP contribution in [0.25, 0.3) is 5.69 Å². The third-order valence-electron chi connectivity index (χ3n) is 4.80. The SMILES string of the molecule is COc1cc([N+](=O)[O-])ccc1-n1c(C)cc(/C=N\NC(=O)c2ccccc2[N+](=O)[O-])c1C. The number of aryl methyl sites for hydroxylation is 1. The van der Waals surface area contributed by atoms with Gasteiger partial charge >= 0.3 is 0 Å². The monoisotopic (exact) mass is 437 g/mol. The first-order valence-electron chi connectivity index (χ1n) is 9.33. The van der Waals surface area contributed by atoms with Crippen LogP contribution in [0, 0.1) is 34.1 Å². The molecule has 0 spiro atoms. The molecule has 0 radical (unpaired) electrons. The molecule has 0 aliphatic carbocycles. The van der Waals surface area contributed by atoms with Crippen molar-refractivity contribution in [1.82, 2.24) is 9.99 Å². The number of ether oxygens (including phenoxy) is 1. The molecule has 1 heterocycles. The van der Waals surface area contributed by atoms with Crippen molar-refractivity contribution in [2.24, 2.45) is 5.10 Å². The molecule has 1 amide bonds. The van der Waals surface area contributed by atoms with Gasteiger partial charge in [-0.15, -0.1) is 0 Å². The van der Waals surface area contributed by atoms with Crippen LogP contribution in [0.5, 0.6) is 5.75 Å². The van der Waals surface area contributed by atoms with Gasteiger partial charge in [-0.25, -0.2) is 5.43 Å². The molecule has 0 saturated heterocycles. The van der Waals surface area contributed by atoms with E-state index in [-0.39, 0.29) is 16.9 Å². The van der Waals surface area contributed by atoms with Gasteiger partial charge in [-0.1, -0.05) is 12.1 Å². The summed E-state index contributed by atoms with van der Waals surface area (Å²) in [6.07, 6.45) is 1.42. The quantitative estimate of drug-likeness (QED) is 0.339. The van der Waals surface area contributed by atoms with Crippen LogP contribution in [0.3, 0.4) is 0 Å². The molecule has 11 heteroatoms. The zero-order valence-corrected chi connectivity index (χ0v) is 17.4. The van der Waals surface area contributed by atoms with Gasteiger partial charge < -0.3 is 9.30 Å². The second kappa shape index (κ2) is 9.08. The number of para-hydroxylation sites is 1. The highest BCUT2D eigenvalue weighted by atomic mass is 16.6. The van der Waals surface area contributed by atoms with Crippen LogP contribution in [0.4, 0.5) is 11.4 Å². The van der Waals surface area contributed by atoms with Gasteiger partial charge in [-0.3, -0.25) is 25.0 Å². The number of carbonyl (C=O) groups is 1. The van der Waals surface area contributed by atoms with Crippen LogP contribution in [-0.2, 0) is 0 Å². The summed E-state index contributed by atoms with van der Waals surface area (Å²) in [4.78, 5) is 33.3. The summed E-state index contributed by atoms with van der Waals surface area (Å²) < 4.78 is 7.17. The minimum absolute atomic E-state index is 0.0902. The second-order valence-electron chi connectivity index (χ2n) is 6.75. The Labute approximate surface area is 182 Å². The molecule has 0 atom stereocenters. The van der Waals surface area contributed by atoms with Crippen molar-refractivity contribution in [3.63, 3.8) is 0 Å². The molecule has 0 aliphatic rings. The van der Waals surface area contributed by atoms with Crippen molar-refractivity contribution in [2.75, 3.05) is 7.11 Å². The van der Waals surface area contributed by atoms with E-state index in [9.17, 15) is 25.0 Å². The Hall–Kier alpha value is -4.54. The van der Waals surface area contributed by atoms with Gasteiger partial charge in [-0.2, -0.15) is 5.10 Å². The van der Waals surface area contributed by atoms with Crippen molar-refractivity contribution in [3.8, 4) is 11.4 Å². The number of rotatable bonds is 7. The summed E-state index contributed by atoms with van der Waals surface area (Å²) in [6.45, 7) is 3.66. The van der Waals surface area contributed by atoms with Gasteiger partial charge in [0.25, 0.3) is 17.3 Å². The zero-order valence-electron chi connectivity index (χ0n) is 17.4. The number of hydrogen-bond donors (Lipinski definition) is 1. The topological polar surface area (TPSA) is 142 Å². The van der Waals surface area contributed by atoms with E-state index in [2.05, 4.69) is 10.5 Å². The molecule has 0 saturated carbocycles. The zero-order chi connectivity index (χ0) is 23.4. The lowest BCUT2D eigenvalue weighted by molar-refractivity contribution is -0.385. The predicted molar refractivity (Wildman–Crippen MR) is 117 cm³/mol. The Morgan fingerprint density at radius 1 is 1.09 bits per heavy atom.